The molecule has 1 heterocycles. The first-order valence-corrected chi connectivity index (χ1v) is 10.0. The molecule has 1 spiro atoms. The summed E-state index contributed by atoms with van der Waals surface area (Å²) < 4.78 is 21.8. The highest BCUT2D eigenvalue weighted by molar-refractivity contribution is 6.02. The fraction of sp³-hybridized carbons (Fsp3) is 0.727. The van der Waals surface area contributed by atoms with Gasteiger partial charge in [0.05, 0.1) is 6.10 Å². The minimum atomic E-state index is -1.36. The van der Waals surface area contributed by atoms with Crippen LogP contribution in [0.5, 0.6) is 0 Å². The Morgan fingerprint density at radius 3 is 2.67 bits per heavy atom. The van der Waals surface area contributed by atoms with Gasteiger partial charge in [-0.1, -0.05) is 12.5 Å². The van der Waals surface area contributed by atoms with Crippen LogP contribution in [0.4, 0.5) is 4.39 Å². The van der Waals surface area contributed by atoms with Crippen LogP contribution in [0.3, 0.4) is 0 Å². The second-order valence-corrected chi connectivity index (χ2v) is 9.85. The third-order valence-corrected chi connectivity index (χ3v) is 9.17. The lowest BCUT2D eigenvalue weighted by Gasteiger charge is -2.57. The molecule has 1 N–H and O–H groups in total. The largest absolute Gasteiger partial charge is 0.382 e. The van der Waals surface area contributed by atoms with Crippen LogP contribution in [0.1, 0.15) is 53.4 Å². The number of carbonyl (C=O) groups is 2. The van der Waals surface area contributed by atoms with E-state index in [1.807, 2.05) is 20.8 Å². The first-order chi connectivity index (χ1) is 12.5. The maximum Gasteiger partial charge on any atom is 0.178 e. The molecule has 1 aliphatic heterocycles. The number of carbonyl (C=O) groups excluding carboxylic acids is 2. The zero-order valence-electron chi connectivity index (χ0n) is 16.3. The van der Waals surface area contributed by atoms with Crippen molar-refractivity contribution in [2.45, 2.75) is 76.9 Å². The van der Waals surface area contributed by atoms with Gasteiger partial charge in [-0.3, -0.25) is 9.59 Å². The highest BCUT2D eigenvalue weighted by atomic mass is 19.1. The molecule has 1 saturated heterocycles. The SMILES string of the molecule is CC(=O)[C@@]1(O)CC[C@H]2[C@@H]3CC(F)C4=CC(=O)C=C(C)[C@]4(C)[C@]34OC4C[C@@]21C. The number of ketones is 2. The Morgan fingerprint density at radius 2 is 2.00 bits per heavy atom. The third kappa shape index (κ3) is 1.69. The van der Waals surface area contributed by atoms with Gasteiger partial charge in [0.1, 0.15) is 17.4 Å². The van der Waals surface area contributed by atoms with Gasteiger partial charge in [0.15, 0.2) is 11.6 Å². The van der Waals surface area contributed by atoms with E-state index in [-0.39, 0.29) is 29.5 Å². The van der Waals surface area contributed by atoms with E-state index >= 15 is 4.39 Å². The van der Waals surface area contributed by atoms with Crippen LogP contribution < -0.4 is 0 Å². The Labute approximate surface area is 158 Å². The Hall–Kier alpha value is -1.33. The molecule has 0 amide bonds. The van der Waals surface area contributed by atoms with Crippen molar-refractivity contribution in [2.24, 2.45) is 22.7 Å². The number of halogens is 1. The number of hydrogen-bond acceptors (Lipinski definition) is 4. The predicted octanol–water partition coefficient (Wildman–Crippen LogP) is 3.08. The molecule has 0 aromatic carbocycles. The van der Waals surface area contributed by atoms with Crippen LogP contribution in [0.2, 0.25) is 0 Å². The lowest BCUT2D eigenvalue weighted by atomic mass is 9.45. The van der Waals surface area contributed by atoms with Crippen molar-refractivity contribution in [3.8, 4) is 0 Å². The molecule has 5 heteroatoms. The fourth-order valence-electron chi connectivity index (χ4n) is 7.59. The van der Waals surface area contributed by atoms with E-state index in [2.05, 4.69) is 0 Å². The van der Waals surface area contributed by atoms with E-state index in [9.17, 15) is 14.7 Å². The molecular formula is C22H27FO4. The number of epoxide rings is 1. The lowest BCUT2D eigenvalue weighted by Crippen LogP contribution is -2.63. The summed E-state index contributed by atoms with van der Waals surface area (Å²) in [6, 6.07) is 0. The maximum absolute atomic E-state index is 15.4. The van der Waals surface area contributed by atoms with Crippen LogP contribution in [0.25, 0.3) is 0 Å². The first kappa shape index (κ1) is 17.7. The molecule has 4 fully saturated rings. The molecule has 0 aromatic heterocycles. The standard InChI is InChI=1S/C22H27FO4/c1-11-7-13(25)8-16-17(23)9-15-14-5-6-21(26,12(2)24)19(14,3)10-18-22(15,27-18)20(11,16)4/h7-8,14-15,17-18,26H,5-6,9-10H2,1-4H3/t14-,15-,17?,18?,19-,20-,21-,22-/m0/s1. The first-order valence-electron chi connectivity index (χ1n) is 10.0. The van der Waals surface area contributed by atoms with Gasteiger partial charge >= 0.3 is 0 Å². The monoisotopic (exact) mass is 374 g/mol. The average molecular weight is 374 g/mol. The molecular weight excluding hydrogens is 347 g/mol. The number of Topliss-reactive ketones (excluding diaryl/α,β-unsaturated/α-hetero) is 1. The van der Waals surface area contributed by atoms with Crippen LogP contribution in [-0.2, 0) is 14.3 Å². The topological polar surface area (TPSA) is 66.9 Å². The molecule has 5 rings (SSSR count). The van der Waals surface area contributed by atoms with Crippen LogP contribution in [0, 0.1) is 22.7 Å². The quantitative estimate of drug-likeness (QED) is 0.717. The molecule has 2 unspecified atom stereocenters. The van der Waals surface area contributed by atoms with Crippen molar-refractivity contribution in [3.05, 3.63) is 23.3 Å². The summed E-state index contributed by atoms with van der Waals surface area (Å²) in [6.45, 7) is 7.38. The van der Waals surface area contributed by atoms with E-state index < -0.39 is 28.2 Å². The van der Waals surface area contributed by atoms with Gasteiger partial charge in [-0.05, 0) is 76.0 Å². The van der Waals surface area contributed by atoms with E-state index in [0.29, 0.717) is 31.3 Å². The van der Waals surface area contributed by atoms with Gasteiger partial charge in [-0.2, -0.15) is 0 Å². The number of hydrogen-bond donors (Lipinski definition) is 1. The van der Waals surface area contributed by atoms with E-state index in [1.54, 1.807) is 6.08 Å². The summed E-state index contributed by atoms with van der Waals surface area (Å²) in [4.78, 5) is 24.4. The molecule has 5 aliphatic rings. The van der Waals surface area contributed by atoms with E-state index in [4.69, 9.17) is 4.74 Å². The molecule has 3 saturated carbocycles. The Balaban J connectivity index is 1.65. The third-order valence-electron chi connectivity index (χ3n) is 9.17. The molecule has 0 aromatic rings. The summed E-state index contributed by atoms with van der Waals surface area (Å²) in [5, 5.41) is 11.2. The number of ether oxygens (including phenoxy) is 1. The molecule has 27 heavy (non-hydrogen) atoms. The summed E-state index contributed by atoms with van der Waals surface area (Å²) in [5.41, 5.74) is -1.68. The average Bonchev–Trinajstić information content (AvgIpc) is 3.23. The lowest BCUT2D eigenvalue weighted by molar-refractivity contribution is -0.155. The molecule has 0 bridgehead atoms. The Bertz CT molecular complexity index is 845. The zero-order chi connectivity index (χ0) is 19.6. The highest BCUT2D eigenvalue weighted by Crippen LogP contribution is 2.76. The Kier molecular flexibility index (Phi) is 3.15. The van der Waals surface area contributed by atoms with Crippen LogP contribution in [0.15, 0.2) is 23.3 Å². The summed E-state index contributed by atoms with van der Waals surface area (Å²) in [5.74, 6) is -0.378. The second kappa shape index (κ2) is 4.80. The minimum Gasteiger partial charge on any atom is -0.382 e. The smallest absolute Gasteiger partial charge is 0.178 e. The molecule has 0 radical (unpaired) electrons. The van der Waals surface area contributed by atoms with E-state index in [1.165, 1.54) is 13.0 Å². The molecule has 4 nitrogen and oxygen atoms in total. The van der Waals surface area contributed by atoms with Gasteiger partial charge in [0, 0.05) is 10.8 Å². The highest BCUT2D eigenvalue weighted by Gasteiger charge is 2.82. The summed E-state index contributed by atoms with van der Waals surface area (Å²) in [6.07, 6.45) is 3.81. The summed E-state index contributed by atoms with van der Waals surface area (Å²) >= 11 is 0. The fourth-order valence-corrected chi connectivity index (χ4v) is 7.59. The van der Waals surface area contributed by atoms with Crippen molar-refractivity contribution in [1.29, 1.82) is 0 Å². The number of fused-ring (bicyclic) bond motifs is 3. The molecule has 4 aliphatic carbocycles. The Morgan fingerprint density at radius 1 is 1.30 bits per heavy atom. The van der Waals surface area contributed by atoms with Gasteiger partial charge < -0.3 is 9.84 Å². The zero-order valence-corrected chi connectivity index (χ0v) is 16.3. The van der Waals surface area contributed by atoms with Crippen molar-refractivity contribution in [2.75, 3.05) is 0 Å². The van der Waals surface area contributed by atoms with Crippen molar-refractivity contribution in [1.82, 2.24) is 0 Å². The van der Waals surface area contributed by atoms with Crippen molar-refractivity contribution >= 4 is 11.6 Å². The van der Waals surface area contributed by atoms with Gasteiger partial charge in [0.25, 0.3) is 0 Å². The van der Waals surface area contributed by atoms with E-state index in [0.717, 1.165) is 5.57 Å². The van der Waals surface area contributed by atoms with Crippen molar-refractivity contribution in [3.63, 3.8) is 0 Å². The van der Waals surface area contributed by atoms with Crippen LogP contribution >= 0.6 is 0 Å². The normalized spacial score (nSPS) is 55.6. The number of aliphatic hydroxyl groups is 1. The number of alkyl halides is 1. The van der Waals surface area contributed by atoms with Gasteiger partial charge in [0.2, 0.25) is 0 Å². The number of rotatable bonds is 1. The van der Waals surface area contributed by atoms with Gasteiger partial charge in [-0.15, -0.1) is 0 Å². The molecule has 8 atom stereocenters. The van der Waals surface area contributed by atoms with Crippen molar-refractivity contribution < 1.29 is 23.8 Å². The predicted molar refractivity (Wildman–Crippen MR) is 96.6 cm³/mol. The molecule has 146 valence electrons. The second-order valence-electron chi connectivity index (χ2n) is 9.85. The number of allylic oxidation sites excluding steroid dienone is 2. The maximum atomic E-state index is 15.4. The minimum absolute atomic E-state index is 0.0344. The van der Waals surface area contributed by atoms with Gasteiger partial charge in [-0.25, -0.2) is 4.39 Å². The van der Waals surface area contributed by atoms with Crippen LogP contribution in [-0.4, -0.2) is 40.2 Å². The summed E-state index contributed by atoms with van der Waals surface area (Å²) in [7, 11) is 0.